The summed E-state index contributed by atoms with van der Waals surface area (Å²) in [6.07, 6.45) is 6.41. The van der Waals surface area contributed by atoms with Crippen molar-refractivity contribution in [2.24, 2.45) is 0 Å². The van der Waals surface area contributed by atoms with Gasteiger partial charge in [0.15, 0.2) is 0 Å². The van der Waals surface area contributed by atoms with Gasteiger partial charge < -0.3 is 0 Å². The maximum absolute atomic E-state index is 4.95. The van der Waals surface area contributed by atoms with Gasteiger partial charge in [-0.1, -0.05) is 27.8 Å². The highest BCUT2D eigenvalue weighted by Crippen LogP contribution is 1.83. The van der Waals surface area contributed by atoms with E-state index in [1.54, 1.807) is 0 Å². The summed E-state index contributed by atoms with van der Waals surface area (Å²) in [6, 6.07) is 0. The van der Waals surface area contributed by atoms with Gasteiger partial charge in [-0.3, -0.25) is 0 Å². The Morgan fingerprint density at radius 2 is 2.12 bits per heavy atom. The van der Waals surface area contributed by atoms with E-state index in [1.165, 1.54) is 0 Å². The van der Waals surface area contributed by atoms with Gasteiger partial charge in [0.1, 0.15) is 0 Å². The molecule has 1 heteroatoms. The average Bonchev–Trinajstić information content (AvgIpc) is 1.81. The van der Waals surface area contributed by atoms with Crippen molar-refractivity contribution in [3.63, 3.8) is 0 Å². The Balaban J connectivity index is 3.11. The van der Waals surface area contributed by atoms with Gasteiger partial charge in [0.25, 0.3) is 0 Å². The van der Waals surface area contributed by atoms with Gasteiger partial charge in [-0.05, 0) is 0 Å². The molecule has 0 rings (SSSR count). The van der Waals surface area contributed by atoms with Crippen LogP contribution < -0.4 is 0 Å². The lowest BCUT2D eigenvalue weighted by Crippen LogP contribution is -1.65. The molecule has 0 aromatic rings. The highest BCUT2D eigenvalue weighted by molar-refractivity contribution is 9.09. The van der Waals surface area contributed by atoms with Crippen molar-refractivity contribution in [3.05, 3.63) is 0 Å². The molecule has 0 aromatic carbocycles. The van der Waals surface area contributed by atoms with E-state index in [2.05, 4.69) is 33.7 Å². The Hall–Kier alpha value is -0.400. The van der Waals surface area contributed by atoms with Crippen molar-refractivity contribution in [1.82, 2.24) is 0 Å². The third-order valence-electron chi connectivity index (χ3n) is 0.535. The molecule has 0 aliphatic heterocycles. The summed E-state index contributed by atoms with van der Waals surface area (Å²) in [5.41, 5.74) is 0. The molecule has 0 saturated carbocycles. The van der Waals surface area contributed by atoms with Gasteiger partial charge in [-0.2, -0.15) is 0 Å². The first kappa shape index (κ1) is 7.60. The Bertz CT molecular complexity index is 131. The predicted molar refractivity (Wildman–Crippen MR) is 39.6 cm³/mol. The summed E-state index contributed by atoms with van der Waals surface area (Å²) < 4.78 is 0. The fraction of sp³-hybridized carbons (Fsp3) is 0.429. The topological polar surface area (TPSA) is 0 Å². The summed E-state index contributed by atoms with van der Waals surface area (Å²) >= 11 is 3.25. The van der Waals surface area contributed by atoms with Crippen molar-refractivity contribution in [1.29, 1.82) is 0 Å². The zero-order chi connectivity index (χ0) is 6.24. The normalized spacial score (nSPS) is 6.50. The maximum Gasteiger partial charge on any atom is 0.0700 e. The van der Waals surface area contributed by atoms with Crippen molar-refractivity contribution >= 4 is 15.9 Å². The molecule has 0 saturated heterocycles. The molecule has 0 aliphatic carbocycles. The van der Waals surface area contributed by atoms with Gasteiger partial charge in [0.05, 0.1) is 6.42 Å². The first-order valence-electron chi connectivity index (χ1n) is 2.37. The lowest BCUT2D eigenvalue weighted by Gasteiger charge is -1.73. The number of rotatable bonds is 1. The van der Waals surface area contributed by atoms with Crippen LogP contribution in [0, 0.1) is 24.2 Å². The second-order valence-electron chi connectivity index (χ2n) is 1.17. The van der Waals surface area contributed by atoms with Crippen LogP contribution in [0.5, 0.6) is 0 Å². The van der Waals surface area contributed by atoms with Crippen molar-refractivity contribution in [2.75, 3.05) is 5.33 Å². The smallest absolute Gasteiger partial charge is 0.0700 e. The van der Waals surface area contributed by atoms with Gasteiger partial charge in [0, 0.05) is 11.8 Å². The molecule has 0 spiro atoms. The van der Waals surface area contributed by atoms with Crippen molar-refractivity contribution in [2.45, 2.75) is 12.8 Å². The van der Waals surface area contributed by atoms with Crippen LogP contribution in [0.25, 0.3) is 0 Å². The third kappa shape index (κ3) is 5.60. The van der Waals surface area contributed by atoms with Crippen molar-refractivity contribution in [3.8, 4) is 24.2 Å². The SMILES string of the molecule is C#CCC#CCCBr. The highest BCUT2D eigenvalue weighted by Gasteiger charge is 1.68. The van der Waals surface area contributed by atoms with Crippen LogP contribution in [0.1, 0.15) is 12.8 Å². The first-order valence-corrected chi connectivity index (χ1v) is 3.49. The molecular weight excluding hydrogens is 164 g/mol. The van der Waals surface area contributed by atoms with Crippen LogP contribution in [-0.2, 0) is 0 Å². The third-order valence-corrected chi connectivity index (χ3v) is 0.931. The minimum Gasteiger partial charge on any atom is -0.119 e. The van der Waals surface area contributed by atoms with E-state index in [9.17, 15) is 0 Å². The summed E-state index contributed by atoms with van der Waals surface area (Å²) in [6.45, 7) is 0. The average molecular weight is 171 g/mol. The Labute approximate surface area is 58.8 Å². The van der Waals surface area contributed by atoms with Crippen LogP contribution in [-0.4, -0.2) is 5.33 Å². The molecule has 0 bridgehead atoms. The van der Waals surface area contributed by atoms with Crippen LogP contribution in [0.4, 0.5) is 0 Å². The van der Waals surface area contributed by atoms with Crippen LogP contribution >= 0.6 is 15.9 Å². The maximum atomic E-state index is 4.95. The van der Waals surface area contributed by atoms with E-state index < -0.39 is 0 Å². The number of terminal acetylenes is 1. The van der Waals surface area contributed by atoms with Crippen LogP contribution in [0.15, 0.2) is 0 Å². The molecule has 0 unspecified atom stereocenters. The van der Waals surface area contributed by atoms with E-state index in [4.69, 9.17) is 6.42 Å². The molecule has 42 valence electrons. The second kappa shape index (κ2) is 6.60. The molecule has 0 fully saturated rings. The fourth-order valence-corrected chi connectivity index (χ4v) is 0.447. The molecule has 0 aromatic heterocycles. The van der Waals surface area contributed by atoms with E-state index in [0.29, 0.717) is 6.42 Å². The van der Waals surface area contributed by atoms with Crippen molar-refractivity contribution < 1.29 is 0 Å². The number of alkyl halides is 1. The first-order chi connectivity index (χ1) is 3.91. The summed E-state index contributed by atoms with van der Waals surface area (Å²) in [5, 5.41) is 0.935. The Morgan fingerprint density at radius 3 is 2.62 bits per heavy atom. The minimum atomic E-state index is 0.576. The predicted octanol–water partition coefficient (Wildman–Crippen LogP) is 1.80. The lowest BCUT2D eigenvalue weighted by molar-refractivity contribution is 1.31. The monoisotopic (exact) mass is 170 g/mol. The van der Waals surface area contributed by atoms with E-state index in [-0.39, 0.29) is 0 Å². The summed E-state index contributed by atoms with van der Waals surface area (Å²) in [4.78, 5) is 0. The molecule has 0 heterocycles. The van der Waals surface area contributed by atoms with E-state index in [0.717, 1.165) is 11.8 Å². The van der Waals surface area contributed by atoms with Crippen LogP contribution in [0.2, 0.25) is 0 Å². The molecular formula is C7H7Br. The van der Waals surface area contributed by atoms with E-state index >= 15 is 0 Å². The van der Waals surface area contributed by atoms with Gasteiger partial charge in [0.2, 0.25) is 0 Å². The zero-order valence-corrected chi connectivity index (χ0v) is 6.16. The van der Waals surface area contributed by atoms with Gasteiger partial charge in [-0.25, -0.2) is 0 Å². The largest absolute Gasteiger partial charge is 0.119 e. The zero-order valence-electron chi connectivity index (χ0n) is 4.58. The van der Waals surface area contributed by atoms with Gasteiger partial charge >= 0.3 is 0 Å². The van der Waals surface area contributed by atoms with Gasteiger partial charge in [-0.15, -0.1) is 12.3 Å². The Morgan fingerprint density at radius 1 is 1.38 bits per heavy atom. The lowest BCUT2D eigenvalue weighted by atomic mass is 10.4. The second-order valence-corrected chi connectivity index (χ2v) is 1.97. The molecule has 0 atom stereocenters. The molecule has 0 N–H and O–H groups in total. The van der Waals surface area contributed by atoms with E-state index in [1.807, 2.05) is 0 Å². The number of halogens is 1. The Kier molecular flexibility index (Phi) is 6.27. The fourth-order valence-electron chi connectivity index (χ4n) is 0.249. The molecule has 0 radical (unpaired) electrons. The highest BCUT2D eigenvalue weighted by atomic mass is 79.9. The summed E-state index contributed by atoms with van der Waals surface area (Å²) in [5.74, 6) is 8.15. The van der Waals surface area contributed by atoms with Crippen LogP contribution in [0.3, 0.4) is 0 Å². The number of hydrogen-bond acceptors (Lipinski definition) is 0. The molecule has 0 amide bonds. The standard InChI is InChI=1S/C7H7Br/c1-2-3-4-5-6-7-8/h1H,3,6-7H2. The molecule has 0 nitrogen and oxygen atoms in total. The molecule has 8 heavy (non-hydrogen) atoms. The quantitative estimate of drug-likeness (QED) is 0.416. The number of hydrogen-bond donors (Lipinski definition) is 0. The minimum absolute atomic E-state index is 0.576. The summed E-state index contributed by atoms with van der Waals surface area (Å²) in [7, 11) is 0. The molecule has 0 aliphatic rings.